The standard InChI is InChI=1S/C19H22N4O2S/c1-11(2)20-17(24)9-15-13(4)22-23(18(15)25)19-21-16(10-26-19)14-7-5-12(3)6-8-14/h5-8,10-11,22H,9H2,1-4H3,(H,20,24). The number of hydrogen-bond donors (Lipinski definition) is 2. The van der Waals surface area contributed by atoms with Gasteiger partial charge in [0.25, 0.3) is 5.56 Å². The zero-order valence-electron chi connectivity index (χ0n) is 15.3. The molecule has 1 aromatic carbocycles. The van der Waals surface area contributed by atoms with E-state index in [1.165, 1.54) is 21.6 Å². The average molecular weight is 370 g/mol. The highest BCUT2D eigenvalue weighted by molar-refractivity contribution is 7.12. The van der Waals surface area contributed by atoms with Crippen molar-refractivity contribution in [3.05, 3.63) is 56.8 Å². The summed E-state index contributed by atoms with van der Waals surface area (Å²) in [5, 5.41) is 8.33. The molecule has 0 fully saturated rings. The molecule has 0 bridgehead atoms. The molecular formula is C19H22N4O2S. The molecule has 0 atom stereocenters. The Morgan fingerprint density at radius 3 is 2.62 bits per heavy atom. The summed E-state index contributed by atoms with van der Waals surface area (Å²) in [6.45, 7) is 7.61. The summed E-state index contributed by atoms with van der Waals surface area (Å²) < 4.78 is 1.41. The smallest absolute Gasteiger partial charge is 0.277 e. The molecule has 0 aliphatic rings. The number of aromatic amines is 1. The number of thiazole rings is 1. The molecule has 3 aromatic rings. The molecule has 0 radical (unpaired) electrons. The molecule has 0 unspecified atom stereocenters. The molecule has 2 N–H and O–H groups in total. The second-order valence-corrected chi connectivity index (χ2v) is 7.47. The Morgan fingerprint density at radius 2 is 1.96 bits per heavy atom. The predicted molar refractivity (Wildman–Crippen MR) is 104 cm³/mol. The van der Waals surface area contributed by atoms with E-state index in [0.29, 0.717) is 16.4 Å². The maximum absolute atomic E-state index is 12.7. The van der Waals surface area contributed by atoms with Crippen molar-refractivity contribution in [1.82, 2.24) is 20.1 Å². The van der Waals surface area contributed by atoms with E-state index < -0.39 is 0 Å². The van der Waals surface area contributed by atoms with Crippen molar-refractivity contribution >= 4 is 17.2 Å². The van der Waals surface area contributed by atoms with Crippen molar-refractivity contribution in [2.24, 2.45) is 0 Å². The summed E-state index contributed by atoms with van der Waals surface area (Å²) in [5.41, 5.74) is 3.93. The van der Waals surface area contributed by atoms with E-state index in [2.05, 4.69) is 15.4 Å². The van der Waals surface area contributed by atoms with Crippen LogP contribution in [0.2, 0.25) is 0 Å². The van der Waals surface area contributed by atoms with Gasteiger partial charge in [0.1, 0.15) is 0 Å². The minimum atomic E-state index is -0.230. The molecule has 6 nitrogen and oxygen atoms in total. The topological polar surface area (TPSA) is 79.8 Å². The van der Waals surface area contributed by atoms with Gasteiger partial charge in [0.2, 0.25) is 11.0 Å². The molecule has 0 aliphatic carbocycles. The number of nitrogens with one attached hydrogen (secondary N) is 2. The third-order valence-corrected chi connectivity index (χ3v) is 4.84. The number of carbonyl (C=O) groups is 1. The van der Waals surface area contributed by atoms with E-state index in [9.17, 15) is 9.59 Å². The van der Waals surface area contributed by atoms with E-state index >= 15 is 0 Å². The molecule has 2 heterocycles. The Kier molecular flexibility index (Phi) is 5.08. The third kappa shape index (κ3) is 3.77. The summed E-state index contributed by atoms with van der Waals surface area (Å²) in [6, 6.07) is 8.13. The van der Waals surface area contributed by atoms with Crippen LogP contribution in [0.25, 0.3) is 16.4 Å². The molecule has 0 saturated heterocycles. The molecule has 26 heavy (non-hydrogen) atoms. The van der Waals surface area contributed by atoms with Gasteiger partial charge in [-0.3, -0.25) is 14.7 Å². The van der Waals surface area contributed by atoms with Crippen LogP contribution in [0.4, 0.5) is 0 Å². The Morgan fingerprint density at radius 1 is 1.27 bits per heavy atom. The summed E-state index contributed by atoms with van der Waals surface area (Å²) >= 11 is 1.39. The fourth-order valence-electron chi connectivity index (χ4n) is 2.68. The molecule has 1 amide bonds. The van der Waals surface area contributed by atoms with Crippen LogP contribution in [0.1, 0.15) is 30.7 Å². The lowest BCUT2D eigenvalue weighted by Crippen LogP contribution is -2.33. The van der Waals surface area contributed by atoms with E-state index in [4.69, 9.17) is 0 Å². The minimum absolute atomic E-state index is 0.0417. The van der Waals surface area contributed by atoms with Crippen LogP contribution in [0.5, 0.6) is 0 Å². The SMILES string of the molecule is Cc1ccc(-c2csc(-n3[nH]c(C)c(CC(=O)NC(C)C)c3=O)n2)cc1. The fourth-order valence-corrected chi connectivity index (χ4v) is 3.47. The molecule has 3 rings (SSSR count). The molecular weight excluding hydrogens is 348 g/mol. The number of aryl methyl sites for hydroxylation is 2. The summed E-state index contributed by atoms with van der Waals surface area (Å²) in [5.74, 6) is -0.161. The van der Waals surface area contributed by atoms with E-state index in [1.54, 1.807) is 6.92 Å². The van der Waals surface area contributed by atoms with Crippen molar-refractivity contribution < 1.29 is 4.79 Å². The lowest BCUT2D eigenvalue weighted by Gasteiger charge is -2.06. The molecule has 0 spiro atoms. The van der Waals surface area contributed by atoms with Gasteiger partial charge in [-0.25, -0.2) is 4.98 Å². The maximum Gasteiger partial charge on any atom is 0.277 e. The highest BCUT2D eigenvalue weighted by atomic mass is 32.1. The zero-order chi connectivity index (χ0) is 18.8. The molecule has 0 aliphatic heterocycles. The Hall–Kier alpha value is -2.67. The first-order valence-electron chi connectivity index (χ1n) is 8.48. The highest BCUT2D eigenvalue weighted by Crippen LogP contribution is 2.23. The van der Waals surface area contributed by atoms with Gasteiger partial charge in [-0.2, -0.15) is 4.68 Å². The minimum Gasteiger partial charge on any atom is -0.354 e. The number of aromatic nitrogens is 3. The van der Waals surface area contributed by atoms with Crippen LogP contribution in [0.3, 0.4) is 0 Å². The average Bonchev–Trinajstić information content (AvgIpc) is 3.15. The second kappa shape index (κ2) is 7.29. The fraction of sp³-hybridized carbons (Fsp3) is 0.316. The van der Waals surface area contributed by atoms with Crippen LogP contribution in [0, 0.1) is 13.8 Å². The maximum atomic E-state index is 12.7. The number of benzene rings is 1. The Bertz CT molecular complexity index is 980. The van der Waals surface area contributed by atoms with Crippen molar-refractivity contribution in [3.63, 3.8) is 0 Å². The summed E-state index contributed by atoms with van der Waals surface area (Å²) in [4.78, 5) is 29.3. The van der Waals surface area contributed by atoms with E-state index in [-0.39, 0.29) is 23.9 Å². The molecule has 2 aromatic heterocycles. The lowest BCUT2D eigenvalue weighted by atomic mass is 10.1. The largest absolute Gasteiger partial charge is 0.354 e. The predicted octanol–water partition coefficient (Wildman–Crippen LogP) is 2.97. The normalized spacial score (nSPS) is 11.1. The van der Waals surface area contributed by atoms with E-state index in [1.807, 2.05) is 50.4 Å². The van der Waals surface area contributed by atoms with Crippen molar-refractivity contribution in [3.8, 4) is 16.4 Å². The number of hydrogen-bond acceptors (Lipinski definition) is 4. The van der Waals surface area contributed by atoms with Crippen LogP contribution in [-0.2, 0) is 11.2 Å². The van der Waals surface area contributed by atoms with Crippen molar-refractivity contribution in [1.29, 1.82) is 0 Å². The van der Waals surface area contributed by atoms with Gasteiger partial charge < -0.3 is 5.32 Å². The lowest BCUT2D eigenvalue weighted by molar-refractivity contribution is -0.120. The number of H-pyrrole nitrogens is 1. The van der Waals surface area contributed by atoms with Crippen molar-refractivity contribution in [2.45, 2.75) is 40.2 Å². The van der Waals surface area contributed by atoms with Crippen LogP contribution < -0.4 is 10.9 Å². The second-order valence-electron chi connectivity index (χ2n) is 6.64. The number of carbonyl (C=O) groups excluding carboxylic acids is 1. The van der Waals surface area contributed by atoms with Gasteiger partial charge in [0.05, 0.1) is 12.1 Å². The quantitative estimate of drug-likeness (QED) is 0.725. The number of rotatable bonds is 5. The first-order valence-corrected chi connectivity index (χ1v) is 9.36. The summed E-state index contributed by atoms with van der Waals surface area (Å²) in [7, 11) is 0. The molecule has 7 heteroatoms. The van der Waals surface area contributed by atoms with Crippen LogP contribution in [0.15, 0.2) is 34.4 Å². The zero-order valence-corrected chi connectivity index (χ0v) is 16.1. The van der Waals surface area contributed by atoms with Gasteiger partial charge in [-0.15, -0.1) is 11.3 Å². The first-order chi connectivity index (χ1) is 12.3. The Balaban J connectivity index is 1.89. The monoisotopic (exact) mass is 370 g/mol. The molecule has 0 saturated carbocycles. The van der Waals surface area contributed by atoms with Gasteiger partial charge in [-0.1, -0.05) is 29.8 Å². The van der Waals surface area contributed by atoms with Gasteiger partial charge in [0, 0.05) is 28.2 Å². The van der Waals surface area contributed by atoms with Crippen LogP contribution in [-0.4, -0.2) is 26.7 Å². The van der Waals surface area contributed by atoms with Gasteiger partial charge in [-0.05, 0) is 27.7 Å². The Labute approximate surface area is 155 Å². The van der Waals surface area contributed by atoms with Gasteiger partial charge >= 0.3 is 0 Å². The first kappa shape index (κ1) is 18.1. The van der Waals surface area contributed by atoms with E-state index in [0.717, 1.165) is 11.3 Å². The third-order valence-electron chi connectivity index (χ3n) is 4.01. The number of amides is 1. The molecule has 136 valence electrons. The van der Waals surface area contributed by atoms with Crippen LogP contribution >= 0.6 is 11.3 Å². The van der Waals surface area contributed by atoms with Crippen molar-refractivity contribution in [2.75, 3.05) is 0 Å². The van der Waals surface area contributed by atoms with Gasteiger partial charge in [0.15, 0.2) is 0 Å². The summed E-state index contributed by atoms with van der Waals surface area (Å²) in [6.07, 6.45) is 0.0581. The number of nitrogens with zero attached hydrogens (tertiary/aromatic N) is 2. The highest BCUT2D eigenvalue weighted by Gasteiger charge is 2.18.